The lowest BCUT2D eigenvalue weighted by Gasteiger charge is -2.24. The zero-order valence-electron chi connectivity index (χ0n) is 11.4. The summed E-state index contributed by atoms with van der Waals surface area (Å²) in [5.74, 6) is 2.24. The highest BCUT2D eigenvalue weighted by Crippen LogP contribution is 2.35. The number of H-pyrrole nitrogens is 1. The second-order valence-electron chi connectivity index (χ2n) is 5.66. The molecule has 1 N–H and O–H groups in total. The molecule has 0 bridgehead atoms. The first kappa shape index (κ1) is 14.3. The third-order valence-electron chi connectivity index (χ3n) is 4.44. The molecule has 6 heteroatoms. The Morgan fingerprint density at radius 3 is 2.40 bits per heavy atom. The van der Waals surface area contributed by atoms with Crippen LogP contribution in [0, 0.1) is 0 Å². The van der Waals surface area contributed by atoms with Gasteiger partial charge in [0, 0.05) is 6.04 Å². The number of halogens is 1. The van der Waals surface area contributed by atoms with E-state index in [9.17, 15) is 9.59 Å². The van der Waals surface area contributed by atoms with Gasteiger partial charge in [0.25, 0.3) is 5.56 Å². The smallest absolute Gasteiger partial charge is 0.297 e. The van der Waals surface area contributed by atoms with Crippen LogP contribution in [-0.4, -0.2) is 21.1 Å². The zero-order chi connectivity index (χ0) is 14.1. The quantitative estimate of drug-likeness (QED) is 0.854. The summed E-state index contributed by atoms with van der Waals surface area (Å²) < 4.78 is 1.43. The lowest BCUT2D eigenvalue weighted by atomic mass is 10.00. The number of nitrogens with one attached hydrogen (secondary N) is 1. The lowest BCUT2D eigenvalue weighted by molar-refractivity contribution is 0.432. The largest absolute Gasteiger partial charge is 0.329 e. The summed E-state index contributed by atoms with van der Waals surface area (Å²) in [6.07, 6.45) is 6.06. The van der Waals surface area contributed by atoms with Crippen molar-refractivity contribution in [2.75, 3.05) is 11.5 Å². The maximum atomic E-state index is 12.7. The molecule has 1 aromatic rings. The maximum Gasteiger partial charge on any atom is 0.329 e. The van der Waals surface area contributed by atoms with E-state index in [2.05, 4.69) is 4.98 Å². The Morgan fingerprint density at radius 2 is 1.75 bits per heavy atom. The van der Waals surface area contributed by atoms with Gasteiger partial charge in [-0.15, -0.1) is 0 Å². The molecule has 110 valence electrons. The molecule has 2 aliphatic rings. The van der Waals surface area contributed by atoms with E-state index in [0.717, 1.165) is 50.0 Å². The van der Waals surface area contributed by atoms with Crippen LogP contribution in [-0.2, 0) is 0 Å². The van der Waals surface area contributed by atoms with Crippen molar-refractivity contribution in [3.8, 4) is 0 Å². The molecule has 0 aromatic carbocycles. The zero-order valence-corrected chi connectivity index (χ0v) is 12.9. The lowest BCUT2D eigenvalue weighted by Crippen LogP contribution is -2.41. The maximum absolute atomic E-state index is 12.7. The average molecular weight is 315 g/mol. The van der Waals surface area contributed by atoms with Gasteiger partial charge in [-0.1, -0.05) is 24.4 Å². The molecule has 20 heavy (non-hydrogen) atoms. The molecule has 4 nitrogen and oxygen atoms in total. The highest BCUT2D eigenvalue weighted by Gasteiger charge is 2.27. The minimum Gasteiger partial charge on any atom is -0.297 e. The molecule has 0 spiro atoms. The molecule has 1 saturated heterocycles. The first-order chi connectivity index (χ1) is 9.68. The van der Waals surface area contributed by atoms with E-state index in [1.54, 1.807) is 0 Å². The molecular formula is C14H19ClN2O2S. The van der Waals surface area contributed by atoms with Crippen molar-refractivity contribution in [2.24, 2.45) is 0 Å². The van der Waals surface area contributed by atoms with E-state index in [1.165, 1.54) is 4.57 Å². The van der Waals surface area contributed by atoms with E-state index in [1.807, 2.05) is 11.8 Å². The van der Waals surface area contributed by atoms with Gasteiger partial charge in [-0.25, -0.2) is 4.79 Å². The molecule has 0 unspecified atom stereocenters. The molecule has 0 radical (unpaired) electrons. The van der Waals surface area contributed by atoms with Gasteiger partial charge < -0.3 is 0 Å². The van der Waals surface area contributed by atoms with Crippen LogP contribution in [0.25, 0.3) is 0 Å². The molecule has 2 fully saturated rings. The highest BCUT2D eigenvalue weighted by atomic mass is 35.5. The number of hydrogen-bond donors (Lipinski definition) is 1. The van der Waals surface area contributed by atoms with Gasteiger partial charge in [0.05, 0.1) is 5.56 Å². The molecule has 3 rings (SSSR count). The van der Waals surface area contributed by atoms with Gasteiger partial charge in [-0.3, -0.25) is 14.3 Å². The molecule has 1 aromatic heterocycles. The number of thioether (sulfide) groups is 1. The van der Waals surface area contributed by atoms with Crippen molar-refractivity contribution < 1.29 is 0 Å². The second kappa shape index (κ2) is 5.98. The fraction of sp³-hybridized carbons (Fsp3) is 0.714. The monoisotopic (exact) mass is 314 g/mol. The Labute approximate surface area is 126 Å². The number of hydrogen-bond acceptors (Lipinski definition) is 3. The van der Waals surface area contributed by atoms with E-state index < -0.39 is 0 Å². The van der Waals surface area contributed by atoms with Gasteiger partial charge >= 0.3 is 5.69 Å². The molecule has 0 atom stereocenters. The van der Waals surface area contributed by atoms with Crippen LogP contribution in [0.2, 0.25) is 5.15 Å². The number of aromatic nitrogens is 2. The van der Waals surface area contributed by atoms with Crippen molar-refractivity contribution in [1.82, 2.24) is 9.55 Å². The van der Waals surface area contributed by atoms with Crippen molar-refractivity contribution >= 4 is 23.4 Å². The summed E-state index contributed by atoms with van der Waals surface area (Å²) >= 11 is 8.04. The first-order valence-electron chi connectivity index (χ1n) is 7.30. The standard InChI is InChI=1S/C14H19ClN2O2S/c15-12-11(9-3-1-2-4-9)13(18)17(14(19)16-12)10-5-7-20-8-6-10/h9-10H,1-8H2,(H,16,19). The first-order valence-corrected chi connectivity index (χ1v) is 8.83. The van der Waals surface area contributed by atoms with Crippen LogP contribution in [0.15, 0.2) is 9.59 Å². The van der Waals surface area contributed by atoms with Crippen LogP contribution < -0.4 is 11.2 Å². The summed E-state index contributed by atoms with van der Waals surface area (Å²) in [4.78, 5) is 27.6. The van der Waals surface area contributed by atoms with Crippen LogP contribution >= 0.6 is 23.4 Å². The Bertz CT molecular complexity index is 598. The topological polar surface area (TPSA) is 54.9 Å². The molecule has 1 aliphatic carbocycles. The minimum atomic E-state index is -0.348. The summed E-state index contributed by atoms with van der Waals surface area (Å²) in [6.45, 7) is 0. The number of aromatic amines is 1. The van der Waals surface area contributed by atoms with E-state index in [0.29, 0.717) is 5.56 Å². The normalized spacial score (nSPS) is 21.4. The van der Waals surface area contributed by atoms with E-state index >= 15 is 0 Å². The van der Waals surface area contributed by atoms with E-state index in [4.69, 9.17) is 11.6 Å². The minimum absolute atomic E-state index is 0.0323. The molecule has 0 amide bonds. The Morgan fingerprint density at radius 1 is 1.10 bits per heavy atom. The highest BCUT2D eigenvalue weighted by molar-refractivity contribution is 7.99. The number of nitrogens with zero attached hydrogens (tertiary/aromatic N) is 1. The molecule has 1 saturated carbocycles. The summed E-state index contributed by atoms with van der Waals surface area (Å²) in [7, 11) is 0. The Balaban J connectivity index is 2.07. The molecular weight excluding hydrogens is 296 g/mol. The second-order valence-corrected chi connectivity index (χ2v) is 7.26. The van der Waals surface area contributed by atoms with Gasteiger partial charge in [-0.05, 0) is 43.1 Å². The fourth-order valence-electron chi connectivity index (χ4n) is 3.38. The van der Waals surface area contributed by atoms with Crippen molar-refractivity contribution in [2.45, 2.75) is 50.5 Å². The Hall–Kier alpha value is -0.680. The predicted octanol–water partition coefficient (Wildman–Crippen LogP) is 2.92. The molecule has 2 heterocycles. The predicted molar refractivity (Wildman–Crippen MR) is 83.1 cm³/mol. The van der Waals surface area contributed by atoms with Gasteiger partial charge in [-0.2, -0.15) is 11.8 Å². The van der Waals surface area contributed by atoms with Gasteiger partial charge in [0.1, 0.15) is 5.15 Å². The van der Waals surface area contributed by atoms with Crippen LogP contribution in [0.5, 0.6) is 0 Å². The van der Waals surface area contributed by atoms with Crippen LogP contribution in [0.3, 0.4) is 0 Å². The van der Waals surface area contributed by atoms with Crippen LogP contribution in [0.4, 0.5) is 0 Å². The number of rotatable bonds is 2. The summed E-state index contributed by atoms with van der Waals surface area (Å²) in [5, 5.41) is 0.258. The van der Waals surface area contributed by atoms with Gasteiger partial charge in [0.2, 0.25) is 0 Å². The van der Waals surface area contributed by atoms with E-state index in [-0.39, 0.29) is 28.4 Å². The Kier molecular flexibility index (Phi) is 4.26. The SMILES string of the molecule is O=c1[nH]c(Cl)c(C2CCCC2)c(=O)n1C1CCSCC1. The third-order valence-corrected chi connectivity index (χ3v) is 5.79. The molecule has 1 aliphatic heterocycles. The van der Waals surface area contributed by atoms with Crippen molar-refractivity contribution in [3.05, 3.63) is 31.6 Å². The summed E-state index contributed by atoms with van der Waals surface area (Å²) in [5.41, 5.74) is 0.142. The summed E-state index contributed by atoms with van der Waals surface area (Å²) in [6, 6.07) is 0.0323. The van der Waals surface area contributed by atoms with Crippen molar-refractivity contribution in [1.29, 1.82) is 0 Å². The van der Waals surface area contributed by atoms with Crippen molar-refractivity contribution in [3.63, 3.8) is 0 Å². The third kappa shape index (κ3) is 2.58. The van der Waals surface area contributed by atoms with Crippen LogP contribution in [0.1, 0.15) is 56.0 Å². The average Bonchev–Trinajstić information content (AvgIpc) is 2.93. The fourth-order valence-corrected chi connectivity index (χ4v) is 4.78. The van der Waals surface area contributed by atoms with Gasteiger partial charge in [0.15, 0.2) is 0 Å².